The molecule has 0 unspecified atom stereocenters. The number of anilines is 2. The van der Waals surface area contributed by atoms with Gasteiger partial charge in [-0.1, -0.05) is 35.9 Å². The molecule has 1 aromatic heterocycles. The average molecular weight is 278 g/mol. The van der Waals surface area contributed by atoms with E-state index in [9.17, 15) is 5.11 Å². The molecule has 3 rings (SSSR count). The number of fused-ring (bicyclic) bond motifs is 1. The van der Waals surface area contributed by atoms with Crippen molar-refractivity contribution in [3.8, 4) is 0 Å². The molecule has 0 bridgehead atoms. The monoisotopic (exact) mass is 278 g/mol. The lowest BCUT2D eigenvalue weighted by atomic mass is 10.1. The van der Waals surface area contributed by atoms with Crippen LogP contribution in [0.3, 0.4) is 0 Å². The van der Waals surface area contributed by atoms with Crippen molar-refractivity contribution in [2.24, 2.45) is 0 Å². The highest BCUT2D eigenvalue weighted by Gasteiger charge is 2.12. The second-order valence-electron chi connectivity index (χ2n) is 5.22. The summed E-state index contributed by atoms with van der Waals surface area (Å²) in [6.07, 6.45) is 0. The average Bonchev–Trinajstić information content (AvgIpc) is 2.53. The van der Waals surface area contributed by atoms with Gasteiger partial charge in [0.1, 0.15) is 5.82 Å². The Bertz CT molecular complexity index is 766. The summed E-state index contributed by atoms with van der Waals surface area (Å²) in [5, 5.41) is 10.7. The second-order valence-corrected chi connectivity index (χ2v) is 5.22. The fraction of sp³-hybridized carbons (Fsp3) is 0.167. The fourth-order valence-corrected chi connectivity index (χ4v) is 2.45. The van der Waals surface area contributed by atoms with E-state index in [1.54, 1.807) is 0 Å². The van der Waals surface area contributed by atoms with E-state index in [-0.39, 0.29) is 6.61 Å². The van der Waals surface area contributed by atoms with Gasteiger partial charge >= 0.3 is 0 Å². The van der Waals surface area contributed by atoms with E-state index in [2.05, 4.69) is 31.2 Å². The number of nitrogens with zero attached hydrogens (tertiary/aromatic N) is 2. The van der Waals surface area contributed by atoms with Gasteiger partial charge < -0.3 is 10.0 Å². The summed E-state index contributed by atoms with van der Waals surface area (Å²) in [6.45, 7) is 2.04. The van der Waals surface area contributed by atoms with Crippen molar-refractivity contribution in [2.75, 3.05) is 11.9 Å². The largest absolute Gasteiger partial charge is 0.392 e. The maximum Gasteiger partial charge on any atom is 0.138 e. The van der Waals surface area contributed by atoms with Crippen LogP contribution in [0.15, 0.2) is 54.6 Å². The normalized spacial score (nSPS) is 10.8. The van der Waals surface area contributed by atoms with Crippen LogP contribution >= 0.6 is 0 Å². The highest BCUT2D eigenvalue weighted by atomic mass is 16.3. The Balaban J connectivity index is 2.11. The molecule has 0 atom stereocenters. The van der Waals surface area contributed by atoms with E-state index in [1.165, 1.54) is 5.56 Å². The van der Waals surface area contributed by atoms with E-state index in [1.807, 2.05) is 42.3 Å². The topological polar surface area (TPSA) is 36.4 Å². The standard InChI is InChI=1S/C18H18N2O/c1-13-7-9-16(10-8-13)20(2)18-15(12-21)11-14-5-3-4-6-17(14)19-18/h3-11,21H,12H2,1-2H3. The first-order valence-corrected chi connectivity index (χ1v) is 6.99. The van der Waals surface area contributed by atoms with Gasteiger partial charge in [-0.2, -0.15) is 0 Å². The van der Waals surface area contributed by atoms with Crippen LogP contribution in [0, 0.1) is 6.92 Å². The molecule has 2 aromatic carbocycles. The van der Waals surface area contributed by atoms with E-state index in [4.69, 9.17) is 4.98 Å². The summed E-state index contributed by atoms with van der Waals surface area (Å²) in [7, 11) is 1.97. The molecular weight excluding hydrogens is 260 g/mol. The molecular formula is C18H18N2O. The van der Waals surface area contributed by atoms with E-state index < -0.39 is 0 Å². The summed E-state index contributed by atoms with van der Waals surface area (Å²) >= 11 is 0. The number of aromatic nitrogens is 1. The highest BCUT2D eigenvalue weighted by molar-refractivity contribution is 5.82. The molecule has 0 aliphatic heterocycles. The third-order valence-electron chi connectivity index (χ3n) is 3.69. The number of aryl methyl sites for hydroxylation is 1. The Kier molecular flexibility index (Phi) is 3.59. The van der Waals surface area contributed by atoms with Gasteiger partial charge in [-0.3, -0.25) is 0 Å². The van der Waals surface area contributed by atoms with Crippen molar-refractivity contribution in [2.45, 2.75) is 13.5 Å². The number of hydrogen-bond acceptors (Lipinski definition) is 3. The predicted molar refractivity (Wildman–Crippen MR) is 86.9 cm³/mol. The first-order chi connectivity index (χ1) is 10.2. The number of benzene rings is 2. The Labute approximate surface area is 124 Å². The molecule has 0 fully saturated rings. The first-order valence-electron chi connectivity index (χ1n) is 6.99. The zero-order valence-electron chi connectivity index (χ0n) is 12.2. The molecule has 21 heavy (non-hydrogen) atoms. The second kappa shape index (κ2) is 5.54. The maximum absolute atomic E-state index is 9.65. The Morgan fingerprint density at radius 1 is 1.05 bits per heavy atom. The Hall–Kier alpha value is -2.39. The predicted octanol–water partition coefficient (Wildman–Crippen LogP) is 3.80. The summed E-state index contributed by atoms with van der Waals surface area (Å²) in [4.78, 5) is 6.72. The molecule has 3 nitrogen and oxygen atoms in total. The van der Waals surface area contributed by atoms with Crippen molar-refractivity contribution in [1.82, 2.24) is 4.98 Å². The number of aliphatic hydroxyl groups is 1. The van der Waals surface area contributed by atoms with E-state index >= 15 is 0 Å². The van der Waals surface area contributed by atoms with Crippen molar-refractivity contribution < 1.29 is 5.11 Å². The number of rotatable bonds is 3. The van der Waals surface area contributed by atoms with Gasteiger partial charge in [0.15, 0.2) is 0 Å². The molecule has 0 saturated carbocycles. The number of hydrogen-bond donors (Lipinski definition) is 1. The molecule has 0 amide bonds. The van der Waals surface area contributed by atoms with Crippen LogP contribution in [-0.2, 0) is 6.61 Å². The molecule has 0 saturated heterocycles. The van der Waals surface area contributed by atoms with Crippen LogP contribution in [0.5, 0.6) is 0 Å². The molecule has 106 valence electrons. The maximum atomic E-state index is 9.65. The van der Waals surface area contributed by atoms with E-state index in [0.29, 0.717) is 0 Å². The van der Waals surface area contributed by atoms with Crippen molar-refractivity contribution in [3.63, 3.8) is 0 Å². The van der Waals surface area contributed by atoms with Crippen LogP contribution in [0.1, 0.15) is 11.1 Å². The molecule has 3 aromatic rings. The fourth-order valence-electron chi connectivity index (χ4n) is 2.45. The summed E-state index contributed by atoms with van der Waals surface area (Å²) < 4.78 is 0. The Morgan fingerprint density at radius 2 is 1.76 bits per heavy atom. The Morgan fingerprint density at radius 3 is 2.48 bits per heavy atom. The van der Waals surface area contributed by atoms with Crippen LogP contribution < -0.4 is 4.90 Å². The zero-order chi connectivity index (χ0) is 14.8. The van der Waals surface area contributed by atoms with Crippen molar-refractivity contribution >= 4 is 22.4 Å². The van der Waals surface area contributed by atoms with Gasteiger partial charge in [0.05, 0.1) is 12.1 Å². The van der Waals surface area contributed by atoms with Gasteiger partial charge in [0.2, 0.25) is 0 Å². The minimum atomic E-state index is -0.0244. The first kappa shape index (κ1) is 13.6. The van der Waals surface area contributed by atoms with E-state index in [0.717, 1.165) is 28.0 Å². The summed E-state index contributed by atoms with van der Waals surface area (Å²) in [5.74, 6) is 0.792. The van der Waals surface area contributed by atoms with Crippen molar-refractivity contribution in [3.05, 3.63) is 65.7 Å². The van der Waals surface area contributed by atoms with Gasteiger partial charge in [0.25, 0.3) is 0 Å². The lowest BCUT2D eigenvalue weighted by Crippen LogP contribution is -2.14. The SMILES string of the molecule is Cc1ccc(N(C)c2nc3ccccc3cc2CO)cc1. The van der Waals surface area contributed by atoms with Gasteiger partial charge in [-0.25, -0.2) is 4.98 Å². The molecule has 0 spiro atoms. The van der Waals surface area contributed by atoms with Crippen LogP contribution in [0.2, 0.25) is 0 Å². The highest BCUT2D eigenvalue weighted by Crippen LogP contribution is 2.28. The van der Waals surface area contributed by atoms with Crippen LogP contribution in [0.4, 0.5) is 11.5 Å². The number of pyridine rings is 1. The lowest BCUT2D eigenvalue weighted by Gasteiger charge is -2.21. The molecule has 1 N–H and O–H groups in total. The van der Waals surface area contributed by atoms with Crippen LogP contribution in [0.25, 0.3) is 10.9 Å². The molecule has 0 aliphatic carbocycles. The number of aliphatic hydroxyl groups excluding tert-OH is 1. The third kappa shape index (κ3) is 2.60. The van der Waals surface area contributed by atoms with Gasteiger partial charge in [0, 0.05) is 23.7 Å². The summed E-state index contributed by atoms with van der Waals surface area (Å²) in [6, 6.07) is 18.2. The minimum Gasteiger partial charge on any atom is -0.392 e. The van der Waals surface area contributed by atoms with Crippen LogP contribution in [-0.4, -0.2) is 17.1 Å². The third-order valence-corrected chi connectivity index (χ3v) is 3.69. The quantitative estimate of drug-likeness (QED) is 0.791. The molecule has 3 heteroatoms. The van der Waals surface area contributed by atoms with Crippen molar-refractivity contribution in [1.29, 1.82) is 0 Å². The minimum absolute atomic E-state index is 0.0244. The summed E-state index contributed by atoms with van der Waals surface area (Å²) in [5.41, 5.74) is 4.04. The molecule has 0 radical (unpaired) electrons. The zero-order valence-corrected chi connectivity index (χ0v) is 12.2. The number of para-hydroxylation sites is 1. The van der Waals surface area contributed by atoms with Gasteiger partial charge in [-0.05, 0) is 31.2 Å². The smallest absolute Gasteiger partial charge is 0.138 e. The molecule has 1 heterocycles. The lowest BCUT2D eigenvalue weighted by molar-refractivity contribution is 0.282. The van der Waals surface area contributed by atoms with Gasteiger partial charge in [-0.15, -0.1) is 0 Å². The molecule has 0 aliphatic rings.